The van der Waals surface area contributed by atoms with E-state index < -0.39 is 0 Å². The number of amides is 1. The summed E-state index contributed by atoms with van der Waals surface area (Å²) in [6.07, 6.45) is 1.19. The lowest BCUT2D eigenvalue weighted by Gasteiger charge is -1.96. The quantitative estimate of drug-likeness (QED) is 0.473. The van der Waals surface area contributed by atoms with E-state index in [9.17, 15) is 4.79 Å². The van der Waals surface area contributed by atoms with E-state index in [4.69, 9.17) is 4.74 Å². The van der Waals surface area contributed by atoms with Gasteiger partial charge in [-0.25, -0.2) is 5.43 Å². The van der Waals surface area contributed by atoms with Crippen LogP contribution in [0.25, 0.3) is 10.9 Å². The van der Waals surface area contributed by atoms with Crippen molar-refractivity contribution in [3.8, 4) is 0 Å². The molecule has 0 saturated carbocycles. The molecule has 88 valence electrons. The molecule has 1 aromatic carbocycles. The molecule has 0 radical (unpaired) electrons. The van der Waals surface area contributed by atoms with Crippen molar-refractivity contribution in [2.24, 2.45) is 5.10 Å². The first-order chi connectivity index (χ1) is 8.33. The average Bonchev–Trinajstić information content (AvgIpc) is 2.78. The van der Waals surface area contributed by atoms with Crippen LogP contribution in [0, 0.1) is 0 Å². The molecule has 17 heavy (non-hydrogen) atoms. The fourth-order valence-electron chi connectivity index (χ4n) is 1.39. The van der Waals surface area contributed by atoms with Crippen LogP contribution < -0.4 is 5.43 Å². The van der Waals surface area contributed by atoms with Crippen LogP contribution >= 0.6 is 0 Å². The number of nitrogens with zero attached hydrogens (tertiary/aromatic N) is 2. The van der Waals surface area contributed by atoms with Crippen molar-refractivity contribution in [1.29, 1.82) is 0 Å². The Morgan fingerprint density at radius 3 is 3.24 bits per heavy atom. The summed E-state index contributed by atoms with van der Waals surface area (Å²) in [5.41, 5.74) is 3.46. The van der Waals surface area contributed by atoms with Gasteiger partial charge in [-0.3, -0.25) is 9.89 Å². The molecule has 2 aromatic rings. The van der Waals surface area contributed by atoms with Crippen LogP contribution in [0.2, 0.25) is 0 Å². The number of benzene rings is 1. The summed E-state index contributed by atoms with van der Waals surface area (Å²) in [6, 6.07) is 7.39. The highest BCUT2D eigenvalue weighted by molar-refractivity contribution is 6.04. The summed E-state index contributed by atoms with van der Waals surface area (Å²) in [5, 5.41) is 11.1. The largest absolute Gasteiger partial charge is 0.482 e. The SMILES string of the molecule is CCO/C=N\NC(=O)c1n[nH]c2ccccc12. The first-order valence-corrected chi connectivity index (χ1v) is 5.19. The molecule has 0 aliphatic heterocycles. The monoisotopic (exact) mass is 232 g/mol. The molecule has 1 heterocycles. The van der Waals surface area contributed by atoms with Crippen molar-refractivity contribution >= 4 is 23.2 Å². The molecule has 0 atom stereocenters. The average molecular weight is 232 g/mol. The Morgan fingerprint density at radius 2 is 2.41 bits per heavy atom. The smallest absolute Gasteiger partial charge is 0.292 e. The first kappa shape index (κ1) is 11.1. The molecule has 0 bridgehead atoms. The second-order valence-corrected chi connectivity index (χ2v) is 3.25. The maximum Gasteiger partial charge on any atom is 0.292 e. The van der Waals surface area contributed by atoms with E-state index in [1.165, 1.54) is 6.40 Å². The number of hydrogen-bond acceptors (Lipinski definition) is 4. The molecule has 0 spiro atoms. The standard InChI is InChI=1S/C11H12N4O2/c1-2-17-7-12-15-11(16)10-8-5-3-4-6-9(8)13-14-10/h3-7H,2H2,1H3,(H,13,14)(H,15,16)/b12-7-. The summed E-state index contributed by atoms with van der Waals surface area (Å²) in [5.74, 6) is -0.376. The molecule has 0 aliphatic carbocycles. The molecule has 0 fully saturated rings. The summed E-state index contributed by atoms with van der Waals surface area (Å²) < 4.78 is 4.85. The van der Waals surface area contributed by atoms with Gasteiger partial charge in [0.1, 0.15) is 0 Å². The highest BCUT2D eigenvalue weighted by Gasteiger charge is 2.12. The Labute approximate surface area is 97.7 Å². The Balaban J connectivity index is 2.14. The second-order valence-electron chi connectivity index (χ2n) is 3.25. The van der Waals surface area contributed by atoms with Crippen molar-refractivity contribution in [1.82, 2.24) is 15.6 Å². The third kappa shape index (κ3) is 2.41. The minimum absolute atomic E-state index is 0.314. The highest BCUT2D eigenvalue weighted by Crippen LogP contribution is 2.14. The van der Waals surface area contributed by atoms with Crippen LogP contribution in [0.15, 0.2) is 29.4 Å². The number of carbonyl (C=O) groups is 1. The zero-order chi connectivity index (χ0) is 12.1. The topological polar surface area (TPSA) is 79.4 Å². The molecular formula is C11H12N4O2. The van der Waals surface area contributed by atoms with E-state index in [0.717, 1.165) is 10.9 Å². The van der Waals surface area contributed by atoms with E-state index in [1.807, 2.05) is 31.2 Å². The lowest BCUT2D eigenvalue weighted by atomic mass is 10.2. The molecule has 2 N–H and O–H groups in total. The van der Waals surface area contributed by atoms with Crippen LogP contribution in [0.3, 0.4) is 0 Å². The van der Waals surface area contributed by atoms with Gasteiger partial charge in [0.15, 0.2) is 12.1 Å². The van der Waals surface area contributed by atoms with Crippen molar-refractivity contribution in [2.45, 2.75) is 6.92 Å². The van der Waals surface area contributed by atoms with Gasteiger partial charge < -0.3 is 4.74 Å². The number of aromatic amines is 1. The highest BCUT2D eigenvalue weighted by atomic mass is 16.5. The normalized spacial score (nSPS) is 10.9. The number of fused-ring (bicyclic) bond motifs is 1. The number of ether oxygens (including phenoxy) is 1. The Hall–Kier alpha value is -2.37. The number of H-pyrrole nitrogens is 1. The summed E-state index contributed by atoms with van der Waals surface area (Å²) in [4.78, 5) is 11.7. The molecule has 2 rings (SSSR count). The molecule has 0 saturated heterocycles. The van der Waals surface area contributed by atoms with Gasteiger partial charge in [0, 0.05) is 5.39 Å². The Kier molecular flexibility index (Phi) is 3.34. The van der Waals surface area contributed by atoms with Gasteiger partial charge in [-0.15, -0.1) is 5.10 Å². The van der Waals surface area contributed by atoms with Gasteiger partial charge in [0.2, 0.25) is 0 Å². The summed E-state index contributed by atoms with van der Waals surface area (Å²) in [7, 11) is 0. The third-order valence-corrected chi connectivity index (χ3v) is 2.15. The van der Waals surface area contributed by atoms with E-state index in [0.29, 0.717) is 12.3 Å². The minimum Gasteiger partial charge on any atom is -0.482 e. The lowest BCUT2D eigenvalue weighted by molar-refractivity contribution is 0.0950. The Bertz CT molecular complexity index is 547. The van der Waals surface area contributed by atoms with E-state index >= 15 is 0 Å². The van der Waals surface area contributed by atoms with Crippen molar-refractivity contribution in [3.05, 3.63) is 30.0 Å². The number of rotatable bonds is 4. The molecule has 0 aliphatic rings. The number of hydrazone groups is 1. The van der Waals surface area contributed by atoms with Gasteiger partial charge in [0.25, 0.3) is 5.91 Å². The van der Waals surface area contributed by atoms with Gasteiger partial charge in [-0.2, -0.15) is 5.10 Å². The minimum atomic E-state index is -0.376. The van der Waals surface area contributed by atoms with Crippen molar-refractivity contribution < 1.29 is 9.53 Å². The first-order valence-electron chi connectivity index (χ1n) is 5.19. The maximum absolute atomic E-state index is 11.7. The zero-order valence-corrected chi connectivity index (χ0v) is 9.30. The number of hydrogen-bond donors (Lipinski definition) is 2. The van der Waals surface area contributed by atoms with Crippen LogP contribution in [0.5, 0.6) is 0 Å². The predicted molar refractivity (Wildman–Crippen MR) is 63.7 cm³/mol. The Morgan fingerprint density at radius 1 is 1.59 bits per heavy atom. The molecule has 0 unspecified atom stereocenters. The van der Waals surface area contributed by atoms with Crippen LogP contribution in [0.4, 0.5) is 0 Å². The van der Waals surface area contributed by atoms with Crippen LogP contribution in [-0.4, -0.2) is 29.1 Å². The summed E-state index contributed by atoms with van der Waals surface area (Å²) >= 11 is 0. The van der Waals surface area contributed by atoms with Crippen LogP contribution in [-0.2, 0) is 4.74 Å². The molecule has 6 heteroatoms. The fraction of sp³-hybridized carbons (Fsp3) is 0.182. The molecule has 6 nitrogen and oxygen atoms in total. The number of para-hydroxylation sites is 1. The summed E-state index contributed by atoms with van der Waals surface area (Å²) in [6.45, 7) is 2.33. The molecule has 1 aromatic heterocycles. The van der Waals surface area contributed by atoms with Crippen LogP contribution in [0.1, 0.15) is 17.4 Å². The number of carbonyl (C=O) groups excluding carboxylic acids is 1. The van der Waals surface area contributed by atoms with E-state index in [1.54, 1.807) is 0 Å². The van der Waals surface area contributed by atoms with Crippen molar-refractivity contribution in [2.75, 3.05) is 6.61 Å². The number of nitrogens with one attached hydrogen (secondary N) is 2. The third-order valence-electron chi connectivity index (χ3n) is 2.15. The van der Waals surface area contributed by atoms with Gasteiger partial charge >= 0.3 is 0 Å². The maximum atomic E-state index is 11.7. The van der Waals surface area contributed by atoms with Crippen molar-refractivity contribution in [3.63, 3.8) is 0 Å². The number of aromatic nitrogens is 2. The lowest BCUT2D eigenvalue weighted by Crippen LogP contribution is -2.18. The second kappa shape index (κ2) is 5.11. The zero-order valence-electron chi connectivity index (χ0n) is 9.30. The van der Waals surface area contributed by atoms with Gasteiger partial charge in [0.05, 0.1) is 12.1 Å². The molecular weight excluding hydrogens is 220 g/mol. The van der Waals surface area contributed by atoms with E-state index in [-0.39, 0.29) is 5.91 Å². The van der Waals surface area contributed by atoms with Gasteiger partial charge in [-0.05, 0) is 13.0 Å². The van der Waals surface area contributed by atoms with E-state index in [2.05, 4.69) is 20.7 Å². The van der Waals surface area contributed by atoms with Gasteiger partial charge in [-0.1, -0.05) is 18.2 Å². The predicted octanol–water partition coefficient (Wildman–Crippen LogP) is 1.27. The fourth-order valence-corrected chi connectivity index (χ4v) is 1.39. The molecule has 1 amide bonds.